The molecule has 0 saturated carbocycles. The highest BCUT2D eigenvalue weighted by Gasteiger charge is 2.11. The Labute approximate surface area is 136 Å². The second-order valence-electron chi connectivity index (χ2n) is 5.70. The fourth-order valence-corrected chi connectivity index (χ4v) is 2.63. The zero-order valence-electron chi connectivity index (χ0n) is 13.6. The average molecular weight is 310 g/mol. The zero-order chi connectivity index (χ0) is 16.2. The van der Waals surface area contributed by atoms with Crippen LogP contribution in [0.15, 0.2) is 36.5 Å². The van der Waals surface area contributed by atoms with Crippen LogP contribution in [0.1, 0.15) is 24.7 Å². The van der Waals surface area contributed by atoms with E-state index in [-0.39, 0.29) is 0 Å². The third-order valence-electron chi connectivity index (χ3n) is 3.74. The number of rotatable bonds is 6. The number of imidazole rings is 1. The lowest BCUT2D eigenvalue weighted by atomic mass is 10.3. The molecule has 1 aromatic carbocycles. The summed E-state index contributed by atoms with van der Waals surface area (Å²) in [5.41, 5.74) is 9.44. The number of ether oxygens (including phenoxy) is 1. The van der Waals surface area contributed by atoms with Gasteiger partial charge in [0.1, 0.15) is 23.7 Å². The Hall–Kier alpha value is -2.56. The molecule has 0 aliphatic rings. The van der Waals surface area contributed by atoms with Crippen molar-refractivity contribution in [1.29, 1.82) is 0 Å². The first kappa shape index (κ1) is 15.3. The molecule has 5 heteroatoms. The second kappa shape index (κ2) is 6.69. The van der Waals surface area contributed by atoms with Crippen molar-refractivity contribution >= 4 is 16.9 Å². The largest absolute Gasteiger partial charge is 0.492 e. The number of nitrogens with two attached hydrogens (primary N) is 1. The molecule has 5 nitrogen and oxygen atoms in total. The molecule has 0 saturated heterocycles. The minimum Gasteiger partial charge on any atom is -0.492 e. The van der Waals surface area contributed by atoms with Gasteiger partial charge >= 0.3 is 0 Å². The number of aryl methyl sites for hydroxylation is 2. The average Bonchev–Trinajstić information content (AvgIpc) is 2.86. The van der Waals surface area contributed by atoms with Crippen LogP contribution in [0, 0.1) is 6.92 Å². The first-order valence-corrected chi connectivity index (χ1v) is 7.97. The minimum atomic E-state index is 0.571. The second-order valence-corrected chi connectivity index (χ2v) is 5.70. The summed E-state index contributed by atoms with van der Waals surface area (Å²) in [6.45, 7) is 5.50. The maximum Gasteiger partial charge on any atom is 0.160 e. The number of hydrogen-bond acceptors (Lipinski definition) is 4. The van der Waals surface area contributed by atoms with Crippen molar-refractivity contribution in [1.82, 2.24) is 14.5 Å². The number of anilines is 1. The maximum absolute atomic E-state index is 5.81. The highest BCUT2D eigenvalue weighted by molar-refractivity contribution is 5.72. The van der Waals surface area contributed by atoms with Gasteiger partial charge in [-0.05, 0) is 49.2 Å². The van der Waals surface area contributed by atoms with Crippen molar-refractivity contribution in [3.63, 3.8) is 0 Å². The van der Waals surface area contributed by atoms with Crippen LogP contribution >= 0.6 is 0 Å². The predicted octanol–water partition coefficient (Wildman–Crippen LogP) is 3.35. The van der Waals surface area contributed by atoms with Crippen LogP contribution in [0.2, 0.25) is 0 Å². The molecule has 23 heavy (non-hydrogen) atoms. The Morgan fingerprint density at radius 3 is 2.74 bits per heavy atom. The third-order valence-corrected chi connectivity index (χ3v) is 3.74. The van der Waals surface area contributed by atoms with Crippen molar-refractivity contribution in [3.05, 3.63) is 47.9 Å². The van der Waals surface area contributed by atoms with Gasteiger partial charge in [0.2, 0.25) is 0 Å². The van der Waals surface area contributed by atoms with Gasteiger partial charge in [0.15, 0.2) is 5.65 Å². The quantitative estimate of drug-likeness (QED) is 0.709. The van der Waals surface area contributed by atoms with E-state index in [1.165, 1.54) is 0 Å². The van der Waals surface area contributed by atoms with Crippen LogP contribution < -0.4 is 10.5 Å². The van der Waals surface area contributed by atoms with E-state index in [4.69, 9.17) is 15.5 Å². The standard InChI is InChI=1S/C18H22N4O/c1-3-4-17-21-16-11-13(2)12-20-18(16)22(17)9-10-23-15-7-5-14(19)6-8-15/h5-8,11-12H,3-4,9-10,19H2,1-2H3. The van der Waals surface area contributed by atoms with Gasteiger partial charge in [-0.3, -0.25) is 0 Å². The molecule has 0 atom stereocenters. The molecular formula is C18H22N4O. The Kier molecular flexibility index (Phi) is 4.46. The number of nitrogens with zero attached hydrogens (tertiary/aromatic N) is 3. The first-order chi connectivity index (χ1) is 11.2. The van der Waals surface area contributed by atoms with Crippen molar-refractivity contribution in [2.75, 3.05) is 12.3 Å². The summed E-state index contributed by atoms with van der Waals surface area (Å²) in [7, 11) is 0. The molecule has 120 valence electrons. The summed E-state index contributed by atoms with van der Waals surface area (Å²) >= 11 is 0. The molecule has 2 heterocycles. The Balaban J connectivity index is 1.77. The summed E-state index contributed by atoms with van der Waals surface area (Å²) in [5.74, 6) is 1.89. The van der Waals surface area contributed by atoms with Crippen molar-refractivity contribution in [2.24, 2.45) is 0 Å². The summed E-state index contributed by atoms with van der Waals surface area (Å²) in [5, 5.41) is 0. The Bertz CT molecular complexity index is 793. The van der Waals surface area contributed by atoms with E-state index in [9.17, 15) is 0 Å². The van der Waals surface area contributed by atoms with Crippen LogP contribution in [0.3, 0.4) is 0 Å². The van der Waals surface area contributed by atoms with Crippen molar-refractivity contribution in [3.8, 4) is 5.75 Å². The van der Waals surface area contributed by atoms with Crippen molar-refractivity contribution < 1.29 is 4.74 Å². The number of benzene rings is 1. The van der Waals surface area contributed by atoms with E-state index in [1.54, 1.807) is 0 Å². The number of aromatic nitrogens is 3. The third kappa shape index (κ3) is 3.44. The number of hydrogen-bond donors (Lipinski definition) is 1. The lowest BCUT2D eigenvalue weighted by Crippen LogP contribution is -2.11. The highest BCUT2D eigenvalue weighted by Crippen LogP contribution is 2.17. The van der Waals surface area contributed by atoms with Gasteiger partial charge in [0.05, 0.1) is 6.54 Å². The fraction of sp³-hybridized carbons (Fsp3) is 0.333. The number of pyridine rings is 1. The highest BCUT2D eigenvalue weighted by atomic mass is 16.5. The van der Waals surface area contributed by atoms with Crippen LogP contribution in [-0.4, -0.2) is 21.1 Å². The van der Waals surface area contributed by atoms with Gasteiger partial charge in [-0.1, -0.05) is 6.92 Å². The molecular weight excluding hydrogens is 288 g/mol. The summed E-state index contributed by atoms with van der Waals surface area (Å²) in [6, 6.07) is 9.54. The topological polar surface area (TPSA) is 66.0 Å². The summed E-state index contributed by atoms with van der Waals surface area (Å²) < 4.78 is 7.97. The molecule has 3 rings (SSSR count). The molecule has 2 aromatic heterocycles. The van der Waals surface area contributed by atoms with E-state index in [2.05, 4.69) is 22.5 Å². The normalized spacial score (nSPS) is 11.0. The molecule has 0 bridgehead atoms. The van der Waals surface area contributed by atoms with Gasteiger partial charge in [0.25, 0.3) is 0 Å². The van der Waals surface area contributed by atoms with E-state index < -0.39 is 0 Å². The van der Waals surface area contributed by atoms with E-state index in [0.29, 0.717) is 6.61 Å². The molecule has 3 aromatic rings. The molecule has 2 N–H and O–H groups in total. The first-order valence-electron chi connectivity index (χ1n) is 7.97. The van der Waals surface area contributed by atoms with Crippen LogP contribution in [0.25, 0.3) is 11.2 Å². The maximum atomic E-state index is 5.81. The van der Waals surface area contributed by atoms with Crippen LogP contribution in [0.4, 0.5) is 5.69 Å². The molecule has 0 aliphatic heterocycles. The fourth-order valence-electron chi connectivity index (χ4n) is 2.63. The Morgan fingerprint density at radius 2 is 2.00 bits per heavy atom. The lowest BCUT2D eigenvalue weighted by molar-refractivity contribution is 0.298. The monoisotopic (exact) mass is 310 g/mol. The molecule has 0 aliphatic carbocycles. The SMILES string of the molecule is CCCc1nc2cc(C)cnc2n1CCOc1ccc(N)cc1. The molecule has 0 amide bonds. The predicted molar refractivity (Wildman–Crippen MR) is 92.6 cm³/mol. The van der Waals surface area contributed by atoms with Gasteiger partial charge in [-0.25, -0.2) is 9.97 Å². The van der Waals surface area contributed by atoms with E-state index in [0.717, 1.165) is 53.4 Å². The van der Waals surface area contributed by atoms with E-state index >= 15 is 0 Å². The molecule has 0 radical (unpaired) electrons. The number of nitrogen functional groups attached to an aromatic ring is 1. The molecule has 0 spiro atoms. The van der Waals surface area contributed by atoms with Crippen molar-refractivity contribution in [2.45, 2.75) is 33.2 Å². The Morgan fingerprint density at radius 1 is 1.22 bits per heavy atom. The zero-order valence-corrected chi connectivity index (χ0v) is 13.6. The van der Waals surface area contributed by atoms with Gasteiger partial charge in [-0.15, -0.1) is 0 Å². The van der Waals surface area contributed by atoms with E-state index in [1.807, 2.05) is 37.4 Å². The molecule has 0 unspecified atom stereocenters. The number of fused-ring (bicyclic) bond motifs is 1. The van der Waals surface area contributed by atoms with Gasteiger partial charge in [0, 0.05) is 18.3 Å². The van der Waals surface area contributed by atoms with Gasteiger partial charge in [-0.2, -0.15) is 0 Å². The smallest absolute Gasteiger partial charge is 0.160 e. The van der Waals surface area contributed by atoms with Crippen LogP contribution in [-0.2, 0) is 13.0 Å². The minimum absolute atomic E-state index is 0.571. The lowest BCUT2D eigenvalue weighted by Gasteiger charge is -2.10. The van der Waals surface area contributed by atoms with Crippen LogP contribution in [0.5, 0.6) is 5.75 Å². The van der Waals surface area contributed by atoms with Gasteiger partial charge < -0.3 is 15.0 Å². The summed E-state index contributed by atoms with van der Waals surface area (Å²) in [4.78, 5) is 9.28. The molecule has 0 fully saturated rings. The summed E-state index contributed by atoms with van der Waals surface area (Å²) in [6.07, 6.45) is 3.88.